The molecule has 2 aromatic carbocycles. The molecule has 0 saturated carbocycles. The summed E-state index contributed by atoms with van der Waals surface area (Å²) in [7, 11) is 3.88. The maximum Gasteiger partial charge on any atom is 0.269 e. The van der Waals surface area contributed by atoms with E-state index in [-0.39, 0.29) is 5.69 Å². The molecule has 0 unspecified atom stereocenters. The minimum Gasteiger partial charge on any atom is -0.455 e. The van der Waals surface area contributed by atoms with Crippen LogP contribution in [-0.4, -0.2) is 23.9 Å². The largest absolute Gasteiger partial charge is 0.455 e. The number of nitro benzene ring substituents is 1. The molecule has 0 atom stereocenters. The number of nitrogens with zero attached hydrogens (tertiary/aromatic N) is 2. The van der Waals surface area contributed by atoms with Crippen LogP contribution in [0.25, 0.3) is 5.76 Å². The van der Waals surface area contributed by atoms with Crippen molar-refractivity contribution in [2.75, 3.05) is 14.1 Å². The van der Waals surface area contributed by atoms with Crippen LogP contribution in [0.3, 0.4) is 0 Å². The summed E-state index contributed by atoms with van der Waals surface area (Å²) in [5, 5.41) is 10.7. The molecule has 0 N–H and O–H groups in total. The number of benzene rings is 2. The van der Waals surface area contributed by atoms with Crippen LogP contribution in [0.5, 0.6) is 5.75 Å². The van der Waals surface area contributed by atoms with Gasteiger partial charge in [0.05, 0.1) is 10.6 Å². The SMILES string of the molecule is CC(=C(Oc1ccc([N+](=O)[O-])cc1)c1ccccc1)N(C)C. The molecule has 114 valence electrons. The van der Waals surface area contributed by atoms with Gasteiger partial charge >= 0.3 is 0 Å². The first kappa shape index (κ1) is 15.6. The van der Waals surface area contributed by atoms with E-state index in [9.17, 15) is 10.1 Å². The Kier molecular flexibility index (Phi) is 4.78. The Hall–Kier alpha value is -2.82. The predicted octanol–water partition coefficient (Wildman–Crippen LogP) is 3.92. The molecule has 0 amide bonds. The molecule has 0 saturated heterocycles. The van der Waals surface area contributed by atoms with E-state index in [1.807, 2.05) is 56.3 Å². The molecule has 2 aromatic rings. The number of rotatable bonds is 5. The molecule has 2 rings (SSSR count). The lowest BCUT2D eigenvalue weighted by molar-refractivity contribution is -0.384. The van der Waals surface area contributed by atoms with Crippen molar-refractivity contribution < 1.29 is 9.66 Å². The Labute approximate surface area is 129 Å². The van der Waals surface area contributed by atoms with E-state index in [1.54, 1.807) is 12.1 Å². The minimum absolute atomic E-state index is 0.0434. The molecule has 0 heterocycles. The maximum atomic E-state index is 10.7. The van der Waals surface area contributed by atoms with Gasteiger partial charge in [0.15, 0.2) is 5.76 Å². The van der Waals surface area contributed by atoms with Crippen molar-refractivity contribution >= 4 is 11.4 Å². The van der Waals surface area contributed by atoms with Gasteiger partial charge in [-0.2, -0.15) is 0 Å². The van der Waals surface area contributed by atoms with Crippen molar-refractivity contribution in [3.05, 3.63) is 76.0 Å². The number of allylic oxidation sites excluding steroid dienone is 1. The van der Waals surface area contributed by atoms with Crippen LogP contribution < -0.4 is 4.74 Å². The zero-order chi connectivity index (χ0) is 16.1. The van der Waals surface area contributed by atoms with Crippen LogP contribution in [0.4, 0.5) is 5.69 Å². The Morgan fingerprint density at radius 3 is 2.14 bits per heavy atom. The van der Waals surface area contributed by atoms with Gasteiger partial charge in [-0.05, 0) is 19.1 Å². The van der Waals surface area contributed by atoms with E-state index in [0.717, 1.165) is 17.0 Å². The second-order valence-corrected chi connectivity index (χ2v) is 5.03. The van der Waals surface area contributed by atoms with Gasteiger partial charge in [0.2, 0.25) is 0 Å². The number of hydrogen-bond donors (Lipinski definition) is 0. The lowest BCUT2D eigenvalue weighted by atomic mass is 10.1. The molecular formula is C17H18N2O3. The monoisotopic (exact) mass is 298 g/mol. The first-order valence-electron chi connectivity index (χ1n) is 6.85. The highest BCUT2D eigenvalue weighted by molar-refractivity contribution is 5.64. The van der Waals surface area contributed by atoms with E-state index < -0.39 is 4.92 Å². The van der Waals surface area contributed by atoms with Crippen molar-refractivity contribution in [1.82, 2.24) is 4.90 Å². The van der Waals surface area contributed by atoms with Crippen molar-refractivity contribution in [1.29, 1.82) is 0 Å². The summed E-state index contributed by atoms with van der Waals surface area (Å²) in [6.45, 7) is 1.97. The second-order valence-electron chi connectivity index (χ2n) is 5.03. The van der Waals surface area contributed by atoms with Crippen molar-refractivity contribution in [3.63, 3.8) is 0 Å². The molecule has 0 spiro atoms. The summed E-state index contributed by atoms with van der Waals surface area (Å²) in [6, 6.07) is 15.8. The topological polar surface area (TPSA) is 55.6 Å². The third-order valence-electron chi connectivity index (χ3n) is 3.30. The van der Waals surface area contributed by atoms with Gasteiger partial charge in [-0.1, -0.05) is 30.3 Å². The van der Waals surface area contributed by atoms with Crippen molar-refractivity contribution in [2.45, 2.75) is 6.92 Å². The van der Waals surface area contributed by atoms with E-state index in [4.69, 9.17) is 4.74 Å². The number of non-ortho nitro benzene ring substituents is 1. The fourth-order valence-corrected chi connectivity index (χ4v) is 1.89. The smallest absolute Gasteiger partial charge is 0.269 e. The third kappa shape index (κ3) is 3.63. The molecule has 0 fully saturated rings. The van der Waals surface area contributed by atoms with Crippen molar-refractivity contribution in [3.8, 4) is 5.75 Å². The number of hydrogen-bond acceptors (Lipinski definition) is 4. The van der Waals surface area contributed by atoms with E-state index in [2.05, 4.69) is 0 Å². The molecule has 0 radical (unpaired) electrons. The van der Waals surface area contributed by atoms with Gasteiger partial charge in [-0.25, -0.2) is 0 Å². The Bertz CT molecular complexity index is 677. The van der Waals surface area contributed by atoms with Gasteiger partial charge in [0.25, 0.3) is 5.69 Å². The fourth-order valence-electron chi connectivity index (χ4n) is 1.89. The number of nitro groups is 1. The quantitative estimate of drug-likeness (QED) is 0.477. The Balaban J connectivity index is 2.36. The standard InChI is InChI=1S/C17H18N2O3/c1-13(18(2)3)17(14-7-5-4-6-8-14)22-16-11-9-15(10-12-16)19(20)21/h4-12H,1-3H3. The first-order valence-corrected chi connectivity index (χ1v) is 6.85. The summed E-state index contributed by atoms with van der Waals surface area (Å²) >= 11 is 0. The zero-order valence-corrected chi connectivity index (χ0v) is 12.8. The third-order valence-corrected chi connectivity index (χ3v) is 3.30. The lowest BCUT2D eigenvalue weighted by Gasteiger charge is -2.19. The average molecular weight is 298 g/mol. The summed E-state index contributed by atoms with van der Waals surface area (Å²) in [5.41, 5.74) is 1.96. The number of ether oxygens (including phenoxy) is 1. The zero-order valence-electron chi connectivity index (χ0n) is 12.8. The maximum absolute atomic E-state index is 10.7. The predicted molar refractivity (Wildman–Crippen MR) is 86.4 cm³/mol. The van der Waals surface area contributed by atoms with Crippen LogP contribution in [0, 0.1) is 10.1 Å². The van der Waals surface area contributed by atoms with Gasteiger partial charge in [-0.15, -0.1) is 0 Å². The Morgan fingerprint density at radius 2 is 1.64 bits per heavy atom. The molecule has 5 nitrogen and oxygen atoms in total. The molecule has 0 aliphatic rings. The minimum atomic E-state index is -0.428. The summed E-state index contributed by atoms with van der Waals surface area (Å²) < 4.78 is 5.97. The van der Waals surface area contributed by atoms with Gasteiger partial charge in [0.1, 0.15) is 5.75 Å². The molecule has 0 aliphatic heterocycles. The van der Waals surface area contributed by atoms with Crippen molar-refractivity contribution in [2.24, 2.45) is 0 Å². The lowest BCUT2D eigenvalue weighted by Crippen LogP contribution is -2.13. The molecular weight excluding hydrogens is 280 g/mol. The molecule has 0 bridgehead atoms. The van der Waals surface area contributed by atoms with Crippen LogP contribution in [0.2, 0.25) is 0 Å². The molecule has 0 aliphatic carbocycles. The van der Waals surface area contributed by atoms with E-state index in [0.29, 0.717) is 5.75 Å². The van der Waals surface area contributed by atoms with E-state index >= 15 is 0 Å². The first-order chi connectivity index (χ1) is 10.5. The average Bonchev–Trinajstić information content (AvgIpc) is 2.53. The Morgan fingerprint density at radius 1 is 1.05 bits per heavy atom. The van der Waals surface area contributed by atoms with E-state index in [1.165, 1.54) is 12.1 Å². The van der Waals surface area contributed by atoms with Crippen LogP contribution in [-0.2, 0) is 0 Å². The summed E-state index contributed by atoms with van der Waals surface area (Å²) in [6.07, 6.45) is 0. The summed E-state index contributed by atoms with van der Waals surface area (Å²) in [4.78, 5) is 12.2. The molecule has 22 heavy (non-hydrogen) atoms. The molecule has 0 aromatic heterocycles. The molecule has 5 heteroatoms. The van der Waals surface area contributed by atoms with Gasteiger partial charge in [-0.3, -0.25) is 10.1 Å². The van der Waals surface area contributed by atoms with Gasteiger partial charge in [0, 0.05) is 31.8 Å². The normalized spacial score (nSPS) is 11.6. The second kappa shape index (κ2) is 6.76. The van der Waals surface area contributed by atoms with Crippen LogP contribution in [0.15, 0.2) is 60.3 Å². The highest BCUT2D eigenvalue weighted by Gasteiger charge is 2.12. The van der Waals surface area contributed by atoms with Crippen LogP contribution >= 0.6 is 0 Å². The fraction of sp³-hybridized carbons (Fsp3) is 0.176. The van der Waals surface area contributed by atoms with Crippen LogP contribution in [0.1, 0.15) is 12.5 Å². The highest BCUT2D eigenvalue weighted by Crippen LogP contribution is 2.26. The highest BCUT2D eigenvalue weighted by atomic mass is 16.6. The van der Waals surface area contributed by atoms with Gasteiger partial charge < -0.3 is 9.64 Å². The summed E-state index contributed by atoms with van der Waals surface area (Å²) in [5.74, 6) is 1.28.